The molecule has 0 spiro atoms. The van der Waals surface area contributed by atoms with Crippen LogP contribution in [0.3, 0.4) is 0 Å². The zero-order valence-electron chi connectivity index (χ0n) is 10.2. The fourth-order valence-electron chi connectivity index (χ4n) is 2.09. The Bertz CT molecular complexity index is 582. The standard InChI is InChI=1S/C12H16N2O2S2/c1-9-7-10(12(13)17)3-4-11(9)8-14-5-2-6-18(14,15)16/h3-4,7H,2,5-6,8H2,1H3,(H2,13,17). The maximum atomic E-state index is 11.7. The van der Waals surface area contributed by atoms with Crippen molar-refractivity contribution in [1.29, 1.82) is 0 Å². The lowest BCUT2D eigenvalue weighted by molar-refractivity contribution is 0.439. The third-order valence-electron chi connectivity index (χ3n) is 3.18. The molecule has 1 aromatic carbocycles. The molecule has 0 unspecified atom stereocenters. The van der Waals surface area contributed by atoms with Crippen molar-refractivity contribution in [1.82, 2.24) is 4.31 Å². The maximum Gasteiger partial charge on any atom is 0.214 e. The van der Waals surface area contributed by atoms with Crippen LogP contribution in [0.15, 0.2) is 18.2 Å². The summed E-state index contributed by atoms with van der Waals surface area (Å²) < 4.78 is 25.0. The van der Waals surface area contributed by atoms with Crippen LogP contribution in [0, 0.1) is 6.92 Å². The molecule has 6 heteroatoms. The molecule has 2 N–H and O–H groups in total. The van der Waals surface area contributed by atoms with Crippen LogP contribution >= 0.6 is 12.2 Å². The van der Waals surface area contributed by atoms with Gasteiger partial charge in [0.25, 0.3) is 0 Å². The van der Waals surface area contributed by atoms with Gasteiger partial charge in [-0.15, -0.1) is 0 Å². The lowest BCUT2D eigenvalue weighted by Gasteiger charge is -2.16. The second-order valence-electron chi connectivity index (χ2n) is 4.51. The average Bonchev–Trinajstić information content (AvgIpc) is 2.61. The van der Waals surface area contributed by atoms with E-state index in [4.69, 9.17) is 18.0 Å². The van der Waals surface area contributed by atoms with Gasteiger partial charge in [-0.1, -0.05) is 24.4 Å². The van der Waals surface area contributed by atoms with Gasteiger partial charge in [-0.25, -0.2) is 8.42 Å². The van der Waals surface area contributed by atoms with Gasteiger partial charge >= 0.3 is 0 Å². The Morgan fingerprint density at radius 2 is 2.22 bits per heavy atom. The van der Waals surface area contributed by atoms with E-state index in [1.54, 1.807) is 0 Å². The number of benzene rings is 1. The molecule has 0 amide bonds. The van der Waals surface area contributed by atoms with E-state index in [0.717, 1.165) is 16.7 Å². The molecule has 1 aromatic rings. The predicted molar refractivity (Wildman–Crippen MR) is 75.9 cm³/mol. The summed E-state index contributed by atoms with van der Waals surface area (Å²) in [6.07, 6.45) is 0.715. The number of nitrogens with zero attached hydrogens (tertiary/aromatic N) is 1. The van der Waals surface area contributed by atoms with Crippen molar-refractivity contribution in [3.63, 3.8) is 0 Å². The molecule has 98 valence electrons. The van der Waals surface area contributed by atoms with E-state index in [9.17, 15) is 8.42 Å². The van der Waals surface area contributed by atoms with Crippen molar-refractivity contribution >= 4 is 27.2 Å². The fourth-order valence-corrected chi connectivity index (χ4v) is 3.71. The van der Waals surface area contributed by atoms with E-state index < -0.39 is 10.0 Å². The molecule has 0 aromatic heterocycles. The van der Waals surface area contributed by atoms with Crippen molar-refractivity contribution < 1.29 is 8.42 Å². The molecular weight excluding hydrogens is 268 g/mol. The molecule has 0 atom stereocenters. The Kier molecular flexibility index (Phi) is 3.70. The van der Waals surface area contributed by atoms with Gasteiger partial charge in [-0.3, -0.25) is 0 Å². The highest BCUT2D eigenvalue weighted by Gasteiger charge is 2.28. The smallest absolute Gasteiger partial charge is 0.214 e. The normalized spacial score (nSPS) is 18.9. The van der Waals surface area contributed by atoms with Crippen molar-refractivity contribution in [2.75, 3.05) is 12.3 Å². The molecule has 18 heavy (non-hydrogen) atoms. The van der Waals surface area contributed by atoms with Gasteiger partial charge in [0.15, 0.2) is 0 Å². The second-order valence-corrected chi connectivity index (χ2v) is 7.04. The molecule has 1 saturated heterocycles. The van der Waals surface area contributed by atoms with Gasteiger partial charge in [0.2, 0.25) is 10.0 Å². The molecule has 0 saturated carbocycles. The highest BCUT2D eigenvalue weighted by molar-refractivity contribution is 7.89. The minimum absolute atomic E-state index is 0.261. The number of thiocarbonyl (C=S) groups is 1. The van der Waals surface area contributed by atoms with Crippen LogP contribution in [0.2, 0.25) is 0 Å². The van der Waals surface area contributed by atoms with Crippen LogP contribution in [0.4, 0.5) is 0 Å². The molecule has 0 aliphatic carbocycles. The highest BCUT2D eigenvalue weighted by Crippen LogP contribution is 2.20. The van der Waals surface area contributed by atoms with Crippen LogP contribution < -0.4 is 5.73 Å². The van der Waals surface area contributed by atoms with Crippen LogP contribution in [-0.2, 0) is 16.6 Å². The van der Waals surface area contributed by atoms with Crippen molar-refractivity contribution in [3.8, 4) is 0 Å². The number of hydrogen-bond acceptors (Lipinski definition) is 3. The molecular formula is C12H16N2O2S2. The van der Waals surface area contributed by atoms with Crippen LogP contribution in [0.1, 0.15) is 23.1 Å². The van der Waals surface area contributed by atoms with Gasteiger partial charge < -0.3 is 5.73 Å². The lowest BCUT2D eigenvalue weighted by atomic mass is 10.1. The molecule has 2 rings (SSSR count). The van der Waals surface area contributed by atoms with Crippen LogP contribution in [-0.4, -0.2) is 30.0 Å². The summed E-state index contributed by atoms with van der Waals surface area (Å²) in [4.78, 5) is 0.360. The first-order valence-electron chi connectivity index (χ1n) is 5.77. The topological polar surface area (TPSA) is 63.4 Å². The average molecular weight is 284 g/mol. The van der Waals surface area contributed by atoms with Gasteiger partial charge in [0.1, 0.15) is 4.99 Å². The zero-order valence-corrected chi connectivity index (χ0v) is 11.9. The van der Waals surface area contributed by atoms with Crippen molar-refractivity contribution in [3.05, 3.63) is 34.9 Å². The quantitative estimate of drug-likeness (QED) is 0.846. The molecule has 1 aliphatic heterocycles. The number of nitrogens with two attached hydrogens (primary N) is 1. The third kappa shape index (κ3) is 2.71. The monoisotopic (exact) mass is 284 g/mol. The van der Waals surface area contributed by atoms with Gasteiger partial charge in [0.05, 0.1) is 5.75 Å². The summed E-state index contributed by atoms with van der Waals surface area (Å²) in [7, 11) is -3.05. The maximum absolute atomic E-state index is 11.7. The highest BCUT2D eigenvalue weighted by atomic mass is 32.2. The largest absolute Gasteiger partial charge is 0.389 e. The van der Waals surface area contributed by atoms with E-state index in [2.05, 4.69) is 0 Å². The van der Waals surface area contributed by atoms with Crippen LogP contribution in [0.25, 0.3) is 0 Å². The number of sulfonamides is 1. The Morgan fingerprint density at radius 1 is 1.50 bits per heavy atom. The first kappa shape index (κ1) is 13.5. The molecule has 4 nitrogen and oxygen atoms in total. The summed E-state index contributed by atoms with van der Waals surface area (Å²) in [5.74, 6) is 0.261. The second kappa shape index (κ2) is 4.95. The number of hydrogen-bond donors (Lipinski definition) is 1. The van der Waals surface area contributed by atoms with Gasteiger partial charge in [-0.2, -0.15) is 4.31 Å². The lowest BCUT2D eigenvalue weighted by Crippen LogP contribution is -2.25. The van der Waals surface area contributed by atoms with Crippen molar-refractivity contribution in [2.45, 2.75) is 19.9 Å². The molecule has 1 heterocycles. The summed E-state index contributed by atoms with van der Waals surface area (Å²) in [5, 5.41) is 0. The van der Waals surface area contributed by atoms with E-state index >= 15 is 0 Å². The SMILES string of the molecule is Cc1cc(C(N)=S)ccc1CN1CCCS1(=O)=O. The predicted octanol–water partition coefficient (Wildman–Crippen LogP) is 1.16. The Hall–Kier alpha value is -0.980. The van der Waals surface area contributed by atoms with E-state index in [0.29, 0.717) is 24.5 Å². The van der Waals surface area contributed by atoms with Gasteiger partial charge in [-0.05, 0) is 30.5 Å². The molecule has 0 radical (unpaired) electrons. The van der Waals surface area contributed by atoms with E-state index in [-0.39, 0.29) is 5.75 Å². The fraction of sp³-hybridized carbons (Fsp3) is 0.417. The third-order valence-corrected chi connectivity index (χ3v) is 5.32. The first-order valence-corrected chi connectivity index (χ1v) is 7.79. The minimum Gasteiger partial charge on any atom is -0.389 e. The minimum atomic E-state index is -3.05. The Balaban J connectivity index is 2.23. The summed E-state index contributed by atoms with van der Waals surface area (Å²) in [5.41, 5.74) is 8.40. The van der Waals surface area contributed by atoms with Gasteiger partial charge in [0, 0.05) is 18.7 Å². The summed E-state index contributed by atoms with van der Waals surface area (Å²) in [6, 6.07) is 5.64. The molecule has 1 aliphatic rings. The van der Waals surface area contributed by atoms with E-state index in [1.165, 1.54) is 4.31 Å². The van der Waals surface area contributed by atoms with E-state index in [1.807, 2.05) is 25.1 Å². The molecule has 1 fully saturated rings. The Labute approximate surface area is 113 Å². The first-order chi connectivity index (χ1) is 8.40. The molecule has 0 bridgehead atoms. The number of aryl methyl sites for hydroxylation is 1. The van der Waals surface area contributed by atoms with Crippen molar-refractivity contribution in [2.24, 2.45) is 5.73 Å². The Morgan fingerprint density at radius 3 is 2.72 bits per heavy atom. The summed E-state index contributed by atoms with van der Waals surface area (Å²) >= 11 is 4.92. The number of rotatable bonds is 3. The van der Waals surface area contributed by atoms with Crippen LogP contribution in [0.5, 0.6) is 0 Å². The summed E-state index contributed by atoms with van der Waals surface area (Å²) in [6.45, 7) is 2.99. The zero-order chi connectivity index (χ0) is 13.3.